The number of halogens is 1. The molecule has 9 heteroatoms. The van der Waals surface area contributed by atoms with Crippen molar-refractivity contribution in [2.24, 2.45) is 0 Å². The number of aromatic nitrogens is 3. The van der Waals surface area contributed by atoms with Gasteiger partial charge < -0.3 is 28.3 Å². The predicted octanol–water partition coefficient (Wildman–Crippen LogP) is 8.35. The Morgan fingerprint density at radius 1 is 0.620 bits per heavy atom. The van der Waals surface area contributed by atoms with Gasteiger partial charge in [-0.25, -0.2) is 9.97 Å². The van der Waals surface area contributed by atoms with Crippen molar-refractivity contribution in [1.82, 2.24) is 14.5 Å². The highest BCUT2D eigenvalue weighted by molar-refractivity contribution is 6.33. The van der Waals surface area contributed by atoms with Crippen LogP contribution >= 0.6 is 11.6 Å². The fraction of sp³-hybridized carbons (Fsp3) is 0.268. The summed E-state index contributed by atoms with van der Waals surface area (Å²) in [5, 5.41) is 1.13. The minimum Gasteiger partial charge on any atom is -0.374 e. The first-order valence-electron chi connectivity index (χ1n) is 16.9. The molecule has 3 heterocycles. The molecule has 1 aliphatic heterocycles. The van der Waals surface area contributed by atoms with Crippen LogP contribution in [0.15, 0.2) is 140 Å². The zero-order chi connectivity index (χ0) is 34.0. The second-order valence-electron chi connectivity index (χ2n) is 12.3. The lowest BCUT2D eigenvalue weighted by Gasteiger charge is -2.34. The van der Waals surface area contributed by atoms with Crippen LogP contribution in [0.4, 0.5) is 0 Å². The molecule has 0 radical (unpaired) electrons. The molecule has 0 unspecified atom stereocenters. The number of ether oxygens (including phenoxy) is 5. The highest BCUT2D eigenvalue weighted by Crippen LogP contribution is 2.36. The van der Waals surface area contributed by atoms with E-state index in [2.05, 4.69) is 58.5 Å². The van der Waals surface area contributed by atoms with Gasteiger partial charge >= 0.3 is 0 Å². The Kier molecular flexibility index (Phi) is 11.6. The van der Waals surface area contributed by atoms with Crippen LogP contribution in [-0.2, 0) is 50.1 Å². The molecule has 0 aliphatic carbocycles. The maximum atomic E-state index is 7.06. The molecule has 2 aromatic heterocycles. The molecule has 1 saturated heterocycles. The number of hydrogen-bond donors (Lipinski definition) is 0. The first-order valence-corrected chi connectivity index (χ1v) is 17.3. The Morgan fingerprint density at radius 2 is 1.14 bits per heavy atom. The number of rotatable bonds is 14. The molecule has 1 fully saturated rings. The van der Waals surface area contributed by atoms with Crippen LogP contribution in [0.5, 0.6) is 0 Å². The van der Waals surface area contributed by atoms with Gasteiger partial charge in [-0.05, 0) is 28.3 Å². The van der Waals surface area contributed by atoms with Gasteiger partial charge in [0.1, 0.15) is 41.7 Å². The van der Waals surface area contributed by atoms with E-state index in [-0.39, 0.29) is 6.61 Å². The first-order chi connectivity index (χ1) is 24.7. The molecule has 0 amide bonds. The Bertz CT molecular complexity index is 1900. The highest BCUT2D eigenvalue weighted by atomic mass is 35.5. The van der Waals surface area contributed by atoms with Gasteiger partial charge in [0.15, 0.2) is 0 Å². The van der Waals surface area contributed by atoms with E-state index in [1.807, 2.05) is 89.6 Å². The van der Waals surface area contributed by atoms with Crippen LogP contribution < -0.4 is 0 Å². The third-order valence-electron chi connectivity index (χ3n) is 8.86. The normalized spacial score (nSPS) is 20.9. The summed E-state index contributed by atoms with van der Waals surface area (Å²) in [6, 6.07) is 42.5. The summed E-state index contributed by atoms with van der Waals surface area (Å²) in [5.41, 5.74) is 4.90. The average molecular weight is 690 g/mol. The van der Waals surface area contributed by atoms with Crippen molar-refractivity contribution in [3.63, 3.8) is 0 Å². The molecule has 50 heavy (non-hydrogen) atoms. The van der Waals surface area contributed by atoms with Crippen LogP contribution in [0.25, 0.3) is 11.0 Å². The molecule has 256 valence electrons. The zero-order valence-corrected chi connectivity index (χ0v) is 28.4. The van der Waals surface area contributed by atoms with E-state index in [9.17, 15) is 0 Å². The summed E-state index contributed by atoms with van der Waals surface area (Å²) in [6.45, 7) is 1.82. The number of hydrogen-bond acceptors (Lipinski definition) is 7. The molecular weight excluding hydrogens is 650 g/mol. The summed E-state index contributed by atoms with van der Waals surface area (Å²) >= 11 is 6.50. The molecule has 4 aromatic carbocycles. The number of nitrogens with zero attached hydrogens (tertiary/aromatic N) is 3. The van der Waals surface area contributed by atoms with E-state index in [0.717, 1.165) is 27.6 Å². The monoisotopic (exact) mass is 689 g/mol. The van der Waals surface area contributed by atoms with Crippen LogP contribution in [0.2, 0.25) is 5.15 Å². The van der Waals surface area contributed by atoms with Gasteiger partial charge in [0, 0.05) is 12.6 Å². The fourth-order valence-electron chi connectivity index (χ4n) is 6.32. The van der Waals surface area contributed by atoms with Crippen molar-refractivity contribution in [3.8, 4) is 0 Å². The van der Waals surface area contributed by atoms with E-state index in [4.69, 9.17) is 35.3 Å². The number of benzene rings is 4. The minimum atomic E-state index is -0.555. The van der Waals surface area contributed by atoms with E-state index < -0.39 is 30.6 Å². The van der Waals surface area contributed by atoms with Crippen LogP contribution in [-0.4, -0.2) is 45.6 Å². The summed E-state index contributed by atoms with van der Waals surface area (Å²) in [6.07, 6.45) is 1.33. The smallest absolute Gasteiger partial charge is 0.146 e. The second-order valence-corrected chi connectivity index (χ2v) is 12.7. The Labute approximate surface area is 297 Å². The Balaban J connectivity index is 1.26. The average Bonchev–Trinajstić information content (AvgIpc) is 3.55. The standard InChI is InChI=1S/C41H40ClN3O5/c42-40-34-21-22-45(41(34)44-29-43-40)37-23-35(47-25-31-15-7-2-8-16-31)38(48-26-32-17-9-3-10-18-32)39(49-27-33-19-11-4-12-20-33)36(50-37)28-46-24-30-13-5-1-6-14-30/h1-22,29,35-39H,23-28H2/t35-,36+,37-,38-,39+/m0/s1. The summed E-state index contributed by atoms with van der Waals surface area (Å²) in [5.74, 6) is 0. The topological polar surface area (TPSA) is 76.9 Å². The quantitative estimate of drug-likeness (QED) is 0.106. The van der Waals surface area contributed by atoms with Gasteiger partial charge in [-0.3, -0.25) is 0 Å². The molecular formula is C41H40ClN3O5. The maximum absolute atomic E-state index is 7.06. The predicted molar refractivity (Wildman–Crippen MR) is 192 cm³/mol. The van der Waals surface area contributed by atoms with Crippen LogP contribution in [0.1, 0.15) is 34.9 Å². The van der Waals surface area contributed by atoms with Crippen molar-refractivity contribution in [3.05, 3.63) is 167 Å². The lowest BCUT2D eigenvalue weighted by Crippen LogP contribution is -2.48. The van der Waals surface area contributed by atoms with Gasteiger partial charge in [-0.2, -0.15) is 0 Å². The molecule has 0 spiro atoms. The van der Waals surface area contributed by atoms with Crippen LogP contribution in [0, 0.1) is 0 Å². The third kappa shape index (κ3) is 8.65. The van der Waals surface area contributed by atoms with E-state index in [0.29, 0.717) is 43.6 Å². The van der Waals surface area contributed by atoms with Crippen molar-refractivity contribution >= 4 is 22.6 Å². The van der Waals surface area contributed by atoms with E-state index in [1.165, 1.54) is 6.33 Å². The zero-order valence-electron chi connectivity index (χ0n) is 27.7. The lowest BCUT2D eigenvalue weighted by atomic mass is 10.0. The van der Waals surface area contributed by atoms with Gasteiger partial charge in [-0.1, -0.05) is 133 Å². The summed E-state index contributed by atoms with van der Waals surface area (Å²) < 4.78 is 36.0. The fourth-order valence-corrected chi connectivity index (χ4v) is 6.51. The Hall–Kier alpha value is -4.41. The molecule has 1 aliphatic rings. The van der Waals surface area contributed by atoms with Gasteiger partial charge in [0.2, 0.25) is 0 Å². The summed E-state index contributed by atoms with van der Waals surface area (Å²) in [7, 11) is 0. The highest BCUT2D eigenvalue weighted by Gasteiger charge is 2.44. The molecule has 5 atom stereocenters. The minimum absolute atomic E-state index is 0.260. The Morgan fingerprint density at radius 3 is 1.72 bits per heavy atom. The molecule has 6 aromatic rings. The van der Waals surface area contributed by atoms with Crippen molar-refractivity contribution in [2.45, 2.75) is 63.5 Å². The maximum Gasteiger partial charge on any atom is 0.146 e. The third-order valence-corrected chi connectivity index (χ3v) is 9.17. The van der Waals surface area contributed by atoms with Crippen LogP contribution in [0.3, 0.4) is 0 Å². The molecule has 8 nitrogen and oxygen atoms in total. The van der Waals surface area contributed by atoms with Crippen molar-refractivity contribution in [2.75, 3.05) is 6.61 Å². The van der Waals surface area contributed by atoms with Gasteiger partial charge in [0.25, 0.3) is 0 Å². The second kappa shape index (κ2) is 17.0. The number of fused-ring (bicyclic) bond motifs is 1. The molecule has 7 rings (SSSR count). The lowest BCUT2D eigenvalue weighted by molar-refractivity contribution is -0.184. The molecule has 0 bridgehead atoms. The molecule has 0 N–H and O–H groups in total. The SMILES string of the molecule is Clc1ncnc2c1ccn2[C@@H]1C[C@H](OCc2ccccc2)[C@H](OCc2ccccc2)[C@H](OCc2ccccc2)[C@@H](COCc2ccccc2)O1. The van der Waals surface area contributed by atoms with E-state index >= 15 is 0 Å². The van der Waals surface area contributed by atoms with Crippen molar-refractivity contribution < 1.29 is 23.7 Å². The van der Waals surface area contributed by atoms with Gasteiger partial charge in [0.05, 0.1) is 44.5 Å². The van der Waals surface area contributed by atoms with E-state index in [1.54, 1.807) is 0 Å². The summed E-state index contributed by atoms with van der Waals surface area (Å²) in [4.78, 5) is 8.79. The van der Waals surface area contributed by atoms with Gasteiger partial charge in [-0.15, -0.1) is 0 Å². The largest absolute Gasteiger partial charge is 0.374 e. The van der Waals surface area contributed by atoms with Crippen molar-refractivity contribution in [1.29, 1.82) is 0 Å². The molecule has 0 saturated carbocycles. The first kappa shape index (κ1) is 34.1.